The number of nitrogens with one attached hydrogen (secondary N) is 1. The molecule has 0 radical (unpaired) electrons. The van der Waals surface area contributed by atoms with Crippen LogP contribution in [0.2, 0.25) is 0 Å². The number of rotatable bonds is 7. The van der Waals surface area contributed by atoms with Crippen molar-refractivity contribution in [1.29, 1.82) is 0 Å². The molecule has 1 atom stereocenters. The van der Waals surface area contributed by atoms with E-state index in [2.05, 4.69) is 26.1 Å². The lowest BCUT2D eigenvalue weighted by molar-refractivity contribution is -0.130. The largest absolute Gasteiger partial charge is 0.316 e. The van der Waals surface area contributed by atoms with E-state index in [0.29, 0.717) is 11.7 Å². The first-order valence-electron chi connectivity index (χ1n) is 7.33. The minimum absolute atomic E-state index is 0.125. The average Bonchev–Trinajstić information content (AvgIpc) is 2.35. The first-order valence-corrected chi connectivity index (χ1v) is 7.33. The summed E-state index contributed by atoms with van der Waals surface area (Å²) in [7, 11) is 0. The molecule has 1 unspecified atom stereocenters. The molecule has 100 valence electrons. The zero-order valence-corrected chi connectivity index (χ0v) is 11.8. The van der Waals surface area contributed by atoms with Gasteiger partial charge in [-0.3, -0.25) is 4.79 Å². The van der Waals surface area contributed by atoms with Crippen LogP contribution in [0, 0.1) is 11.3 Å². The van der Waals surface area contributed by atoms with Crippen LogP contribution in [0.15, 0.2) is 0 Å². The van der Waals surface area contributed by atoms with Gasteiger partial charge in [0.15, 0.2) is 0 Å². The first-order chi connectivity index (χ1) is 8.09. The second kappa shape index (κ2) is 7.15. The third kappa shape index (κ3) is 4.42. The molecular formula is C15H29NO. The van der Waals surface area contributed by atoms with E-state index < -0.39 is 0 Å². The van der Waals surface area contributed by atoms with E-state index in [-0.39, 0.29) is 5.41 Å². The Labute approximate surface area is 107 Å². The van der Waals surface area contributed by atoms with Crippen molar-refractivity contribution in [3.8, 4) is 0 Å². The zero-order chi connectivity index (χ0) is 12.7. The summed E-state index contributed by atoms with van der Waals surface area (Å²) >= 11 is 0. The predicted molar refractivity (Wildman–Crippen MR) is 73.1 cm³/mol. The molecule has 1 rings (SSSR count). The van der Waals surface area contributed by atoms with Crippen LogP contribution in [0.1, 0.15) is 65.7 Å². The smallest absolute Gasteiger partial charge is 0.138 e. The van der Waals surface area contributed by atoms with Gasteiger partial charge < -0.3 is 5.32 Å². The van der Waals surface area contributed by atoms with Gasteiger partial charge in [0.1, 0.15) is 5.78 Å². The molecule has 0 spiro atoms. The Hall–Kier alpha value is -0.370. The van der Waals surface area contributed by atoms with Crippen LogP contribution in [0.4, 0.5) is 0 Å². The number of ketones is 1. The van der Waals surface area contributed by atoms with Gasteiger partial charge in [-0.15, -0.1) is 0 Å². The van der Waals surface area contributed by atoms with Gasteiger partial charge in [0.05, 0.1) is 0 Å². The molecule has 1 aliphatic heterocycles. The van der Waals surface area contributed by atoms with E-state index in [1.165, 1.54) is 32.1 Å². The molecule has 0 aromatic rings. The fourth-order valence-corrected chi connectivity index (χ4v) is 2.73. The summed E-state index contributed by atoms with van der Waals surface area (Å²) in [6.45, 7) is 8.64. The number of carbonyl (C=O) groups is 1. The Morgan fingerprint density at radius 1 is 1.29 bits per heavy atom. The van der Waals surface area contributed by atoms with E-state index in [4.69, 9.17) is 0 Å². The van der Waals surface area contributed by atoms with Crippen molar-refractivity contribution in [3.05, 3.63) is 0 Å². The fourth-order valence-electron chi connectivity index (χ4n) is 2.73. The van der Waals surface area contributed by atoms with E-state index >= 15 is 0 Å². The maximum absolute atomic E-state index is 12.3. The maximum atomic E-state index is 12.3. The van der Waals surface area contributed by atoms with Gasteiger partial charge in [-0.2, -0.15) is 0 Å². The second-order valence-corrected chi connectivity index (χ2v) is 6.00. The van der Waals surface area contributed by atoms with E-state index in [0.717, 1.165) is 25.9 Å². The molecule has 17 heavy (non-hydrogen) atoms. The first kappa shape index (κ1) is 14.7. The number of hydrogen-bond donors (Lipinski definition) is 1. The average molecular weight is 239 g/mol. The number of piperidine rings is 1. The second-order valence-electron chi connectivity index (χ2n) is 6.00. The molecular weight excluding hydrogens is 210 g/mol. The van der Waals surface area contributed by atoms with Gasteiger partial charge >= 0.3 is 0 Å². The maximum Gasteiger partial charge on any atom is 0.138 e. The van der Waals surface area contributed by atoms with E-state index in [1.54, 1.807) is 0 Å². The van der Waals surface area contributed by atoms with Crippen LogP contribution in [0.5, 0.6) is 0 Å². The van der Waals surface area contributed by atoms with Crippen LogP contribution in [-0.4, -0.2) is 18.9 Å². The molecule has 2 nitrogen and oxygen atoms in total. The van der Waals surface area contributed by atoms with Gasteiger partial charge in [0.25, 0.3) is 0 Å². The number of hydrogen-bond acceptors (Lipinski definition) is 2. The predicted octanol–water partition coefficient (Wildman–Crippen LogP) is 3.55. The van der Waals surface area contributed by atoms with Gasteiger partial charge in [-0.1, -0.05) is 40.0 Å². The summed E-state index contributed by atoms with van der Waals surface area (Å²) in [4.78, 5) is 12.3. The molecule has 2 heteroatoms. The normalized spacial score (nSPS) is 21.5. The molecule has 0 aromatic carbocycles. The van der Waals surface area contributed by atoms with Crippen LogP contribution < -0.4 is 5.32 Å². The molecule has 1 saturated heterocycles. The Balaban J connectivity index is 2.36. The third-order valence-electron chi connectivity index (χ3n) is 4.29. The summed E-state index contributed by atoms with van der Waals surface area (Å²) in [6, 6.07) is 0. The Morgan fingerprint density at radius 2 is 2.06 bits per heavy atom. The van der Waals surface area contributed by atoms with Gasteiger partial charge in [0, 0.05) is 11.8 Å². The van der Waals surface area contributed by atoms with Crippen molar-refractivity contribution in [2.45, 2.75) is 65.7 Å². The van der Waals surface area contributed by atoms with Crippen LogP contribution in [0.25, 0.3) is 0 Å². The van der Waals surface area contributed by atoms with Crippen molar-refractivity contribution >= 4 is 5.78 Å². The molecule has 0 aliphatic carbocycles. The summed E-state index contributed by atoms with van der Waals surface area (Å²) in [5, 5.41) is 3.42. The Kier molecular flexibility index (Phi) is 6.18. The number of unbranched alkanes of at least 4 members (excludes halogenated alkanes) is 3. The van der Waals surface area contributed by atoms with Crippen molar-refractivity contribution in [2.24, 2.45) is 11.3 Å². The lowest BCUT2D eigenvalue weighted by Gasteiger charge is -2.36. The van der Waals surface area contributed by atoms with Gasteiger partial charge in [0.2, 0.25) is 0 Å². The highest BCUT2D eigenvalue weighted by Gasteiger charge is 2.36. The van der Waals surface area contributed by atoms with Gasteiger partial charge in [-0.25, -0.2) is 0 Å². The zero-order valence-electron chi connectivity index (χ0n) is 11.8. The summed E-state index contributed by atoms with van der Waals surface area (Å²) in [5.74, 6) is 1.01. The topological polar surface area (TPSA) is 29.1 Å². The Morgan fingerprint density at radius 3 is 2.65 bits per heavy atom. The van der Waals surface area contributed by atoms with Crippen molar-refractivity contribution in [3.63, 3.8) is 0 Å². The molecule has 1 aliphatic rings. The lowest BCUT2D eigenvalue weighted by atomic mass is 9.71. The van der Waals surface area contributed by atoms with Crippen LogP contribution >= 0.6 is 0 Å². The van der Waals surface area contributed by atoms with Crippen molar-refractivity contribution < 1.29 is 4.79 Å². The van der Waals surface area contributed by atoms with E-state index in [1.807, 2.05) is 0 Å². The SMILES string of the molecule is CCCCCCC(=O)C(C)(C)C1CCCNC1. The van der Waals surface area contributed by atoms with E-state index in [9.17, 15) is 4.79 Å². The molecule has 0 saturated carbocycles. The number of Topliss-reactive ketones (excluding diaryl/α,β-unsaturated/α-hetero) is 1. The molecule has 0 amide bonds. The van der Waals surface area contributed by atoms with Crippen molar-refractivity contribution in [1.82, 2.24) is 5.32 Å². The summed E-state index contributed by atoms with van der Waals surface area (Å²) in [6.07, 6.45) is 8.00. The lowest BCUT2D eigenvalue weighted by Crippen LogP contribution is -2.42. The van der Waals surface area contributed by atoms with Gasteiger partial charge in [-0.05, 0) is 38.3 Å². The molecule has 1 heterocycles. The quantitative estimate of drug-likeness (QED) is 0.688. The number of carbonyl (C=O) groups excluding carboxylic acids is 1. The standard InChI is InChI=1S/C15H29NO/c1-4-5-6-7-10-14(17)15(2,3)13-9-8-11-16-12-13/h13,16H,4-12H2,1-3H3. The minimum Gasteiger partial charge on any atom is -0.316 e. The highest BCUT2D eigenvalue weighted by molar-refractivity contribution is 5.84. The molecule has 0 aromatic heterocycles. The highest BCUT2D eigenvalue weighted by atomic mass is 16.1. The molecule has 1 fully saturated rings. The minimum atomic E-state index is -0.125. The highest BCUT2D eigenvalue weighted by Crippen LogP contribution is 2.34. The molecule has 0 bridgehead atoms. The fraction of sp³-hybridized carbons (Fsp3) is 0.933. The Bertz CT molecular complexity index is 229. The summed E-state index contributed by atoms with van der Waals surface area (Å²) in [5.41, 5.74) is -0.125. The molecule has 1 N–H and O–H groups in total. The van der Waals surface area contributed by atoms with Crippen molar-refractivity contribution in [2.75, 3.05) is 13.1 Å². The van der Waals surface area contributed by atoms with Crippen LogP contribution in [-0.2, 0) is 4.79 Å². The monoisotopic (exact) mass is 239 g/mol. The van der Waals surface area contributed by atoms with Crippen LogP contribution in [0.3, 0.4) is 0 Å². The third-order valence-corrected chi connectivity index (χ3v) is 4.29. The summed E-state index contributed by atoms with van der Waals surface area (Å²) < 4.78 is 0.